The topological polar surface area (TPSA) is 94.9 Å². The minimum absolute atomic E-state index is 0.0412. The summed E-state index contributed by atoms with van der Waals surface area (Å²) in [6, 6.07) is 1.57. The first-order chi connectivity index (χ1) is 10.1. The maximum absolute atomic E-state index is 11.9. The number of carbonyl (C=O) groups is 1. The van der Waals surface area contributed by atoms with Gasteiger partial charge in [-0.05, 0) is 18.6 Å². The number of nitrogens with one attached hydrogen (secondary N) is 1. The summed E-state index contributed by atoms with van der Waals surface area (Å²) in [7, 11) is 0. The number of hydrogen-bond donors (Lipinski definition) is 3. The molecular formula is C14H19N3O4. The summed E-state index contributed by atoms with van der Waals surface area (Å²) >= 11 is 0. The fourth-order valence-electron chi connectivity index (χ4n) is 2.08. The molecule has 1 aromatic rings. The van der Waals surface area contributed by atoms with Gasteiger partial charge in [0.15, 0.2) is 6.29 Å². The zero-order valence-electron chi connectivity index (χ0n) is 11.8. The van der Waals surface area contributed by atoms with Gasteiger partial charge in [-0.15, -0.1) is 0 Å². The molecule has 1 aromatic heterocycles. The van der Waals surface area contributed by atoms with Gasteiger partial charge < -0.3 is 19.8 Å². The fourth-order valence-corrected chi connectivity index (χ4v) is 2.08. The van der Waals surface area contributed by atoms with Crippen LogP contribution in [0.1, 0.15) is 18.1 Å². The van der Waals surface area contributed by atoms with Crippen molar-refractivity contribution in [2.45, 2.75) is 19.8 Å². The molecule has 2 rings (SSSR count). The average Bonchev–Trinajstić information content (AvgIpc) is 2.46. The maximum atomic E-state index is 11.9. The van der Waals surface area contributed by atoms with Crippen molar-refractivity contribution in [3.05, 3.63) is 29.5 Å². The number of hydrogen-bond acceptors (Lipinski definition) is 5. The van der Waals surface area contributed by atoms with Gasteiger partial charge in [0.2, 0.25) is 0 Å². The van der Waals surface area contributed by atoms with Crippen molar-refractivity contribution in [1.29, 1.82) is 0 Å². The van der Waals surface area contributed by atoms with Crippen LogP contribution >= 0.6 is 0 Å². The van der Waals surface area contributed by atoms with Crippen molar-refractivity contribution in [3.8, 4) is 0 Å². The normalized spacial score (nSPS) is 16.0. The van der Waals surface area contributed by atoms with Crippen LogP contribution in [0.15, 0.2) is 18.3 Å². The monoisotopic (exact) mass is 293 g/mol. The lowest BCUT2D eigenvalue weighted by atomic mass is 10.1. The van der Waals surface area contributed by atoms with Crippen LogP contribution in [-0.4, -0.2) is 52.2 Å². The summed E-state index contributed by atoms with van der Waals surface area (Å²) in [5.41, 5.74) is 1.68. The molecule has 1 aliphatic heterocycles. The van der Waals surface area contributed by atoms with Crippen molar-refractivity contribution >= 4 is 17.9 Å². The number of urea groups is 1. The Hall–Kier alpha value is -1.96. The van der Waals surface area contributed by atoms with Gasteiger partial charge in [0.1, 0.15) is 5.82 Å². The molecule has 0 bridgehead atoms. The Bertz CT molecular complexity index is 533. The highest BCUT2D eigenvalue weighted by molar-refractivity contribution is 5.91. The smallest absolute Gasteiger partial charge is 0.323 e. The molecule has 2 amide bonds. The first-order valence-corrected chi connectivity index (χ1v) is 6.76. The molecule has 0 saturated carbocycles. The number of pyridine rings is 1. The van der Waals surface area contributed by atoms with Crippen LogP contribution in [0, 0.1) is 0 Å². The lowest BCUT2D eigenvalue weighted by Gasteiger charge is -2.30. The van der Waals surface area contributed by atoms with Gasteiger partial charge in [0.05, 0.1) is 19.7 Å². The van der Waals surface area contributed by atoms with E-state index in [0.717, 1.165) is 11.1 Å². The van der Waals surface area contributed by atoms with Crippen molar-refractivity contribution in [2.24, 2.45) is 0 Å². The van der Waals surface area contributed by atoms with Gasteiger partial charge in [0, 0.05) is 18.4 Å². The van der Waals surface area contributed by atoms with E-state index in [2.05, 4.69) is 10.3 Å². The number of aliphatic hydroxyl groups excluding tert-OH is 2. The lowest BCUT2D eigenvalue weighted by Crippen LogP contribution is -2.43. The van der Waals surface area contributed by atoms with Crippen molar-refractivity contribution in [2.75, 3.05) is 25.1 Å². The number of rotatable bonds is 6. The largest absolute Gasteiger partial charge is 0.392 e. The molecule has 3 N–H and O–H groups in total. The van der Waals surface area contributed by atoms with Crippen LogP contribution in [0.3, 0.4) is 0 Å². The minimum Gasteiger partial charge on any atom is -0.392 e. The van der Waals surface area contributed by atoms with Gasteiger partial charge in [-0.1, -0.05) is 12.2 Å². The predicted octanol–water partition coefficient (Wildman–Crippen LogP) is 0.789. The summed E-state index contributed by atoms with van der Waals surface area (Å²) in [6.45, 7) is 2.55. The van der Waals surface area contributed by atoms with Crippen LogP contribution in [0.25, 0.3) is 6.08 Å². The Morgan fingerprint density at radius 1 is 1.62 bits per heavy atom. The highest BCUT2D eigenvalue weighted by Gasteiger charge is 2.25. The van der Waals surface area contributed by atoms with Crippen LogP contribution in [0.4, 0.5) is 10.6 Å². The molecule has 2 heterocycles. The van der Waals surface area contributed by atoms with E-state index in [-0.39, 0.29) is 19.2 Å². The van der Waals surface area contributed by atoms with E-state index in [0.29, 0.717) is 19.0 Å². The standard InChI is InChI=1S/C14H19N3O4/c1-2-21-12(19)9-17-8-11-6-10(4-3-5-18)7-15-13(11)16-14(17)20/h3-4,6-7,12,18-19H,2,5,8-9H2,1H3,(H,15,16,20). The third-order valence-electron chi connectivity index (χ3n) is 3.01. The molecule has 1 atom stereocenters. The van der Waals surface area contributed by atoms with E-state index in [1.54, 1.807) is 25.3 Å². The predicted molar refractivity (Wildman–Crippen MR) is 77.4 cm³/mol. The van der Waals surface area contributed by atoms with Crippen molar-refractivity contribution < 1.29 is 19.7 Å². The molecule has 1 unspecified atom stereocenters. The van der Waals surface area contributed by atoms with Crippen molar-refractivity contribution in [3.63, 3.8) is 0 Å². The number of aromatic nitrogens is 1. The zero-order chi connectivity index (χ0) is 15.2. The summed E-state index contributed by atoms with van der Waals surface area (Å²) in [5, 5.41) is 21.1. The maximum Gasteiger partial charge on any atom is 0.323 e. The van der Waals surface area contributed by atoms with Gasteiger partial charge in [-0.2, -0.15) is 0 Å². The summed E-state index contributed by atoms with van der Waals surface area (Å²) in [6.07, 6.45) is 3.98. The number of aliphatic hydroxyl groups is 2. The molecule has 0 spiro atoms. The van der Waals surface area contributed by atoms with Gasteiger partial charge >= 0.3 is 6.03 Å². The van der Waals surface area contributed by atoms with E-state index in [1.807, 2.05) is 6.07 Å². The Kier molecular flexibility index (Phi) is 5.26. The zero-order valence-corrected chi connectivity index (χ0v) is 11.8. The highest BCUT2D eigenvalue weighted by atomic mass is 16.6. The summed E-state index contributed by atoms with van der Waals surface area (Å²) in [4.78, 5) is 17.6. The van der Waals surface area contributed by atoms with Gasteiger partial charge in [-0.3, -0.25) is 5.32 Å². The van der Waals surface area contributed by atoms with E-state index in [1.165, 1.54) is 4.90 Å². The summed E-state index contributed by atoms with van der Waals surface area (Å²) < 4.78 is 5.04. The Labute approximate surface area is 122 Å². The second-order valence-electron chi connectivity index (χ2n) is 4.58. The molecule has 114 valence electrons. The number of nitrogens with zero attached hydrogens (tertiary/aromatic N) is 2. The van der Waals surface area contributed by atoms with E-state index < -0.39 is 6.29 Å². The van der Waals surface area contributed by atoms with Crippen LogP contribution in [-0.2, 0) is 11.3 Å². The first kappa shape index (κ1) is 15.4. The minimum atomic E-state index is -1.01. The number of fused-ring (bicyclic) bond motifs is 1. The van der Waals surface area contributed by atoms with Gasteiger partial charge in [-0.25, -0.2) is 9.78 Å². The number of β-amino-alcohol motifs (C(OH)–C–C–N with tert-alkyl or cyclic N) is 1. The lowest BCUT2D eigenvalue weighted by molar-refractivity contribution is -0.104. The summed E-state index contributed by atoms with van der Waals surface area (Å²) in [5.74, 6) is 0.517. The molecule has 7 heteroatoms. The molecule has 0 aromatic carbocycles. The van der Waals surface area contributed by atoms with Gasteiger partial charge in [0.25, 0.3) is 0 Å². The molecule has 1 aliphatic rings. The van der Waals surface area contributed by atoms with Crippen LogP contribution < -0.4 is 5.32 Å². The van der Waals surface area contributed by atoms with Crippen molar-refractivity contribution in [1.82, 2.24) is 9.88 Å². The highest BCUT2D eigenvalue weighted by Crippen LogP contribution is 2.22. The first-order valence-electron chi connectivity index (χ1n) is 6.76. The molecule has 21 heavy (non-hydrogen) atoms. The van der Waals surface area contributed by atoms with E-state index >= 15 is 0 Å². The number of anilines is 1. The number of amides is 2. The Morgan fingerprint density at radius 2 is 2.43 bits per heavy atom. The fraction of sp³-hybridized carbons (Fsp3) is 0.429. The number of ether oxygens (including phenoxy) is 1. The molecule has 0 radical (unpaired) electrons. The van der Waals surface area contributed by atoms with Crippen LogP contribution in [0.2, 0.25) is 0 Å². The Morgan fingerprint density at radius 3 is 3.14 bits per heavy atom. The SMILES string of the molecule is CCOC(O)CN1Cc2cc(C=CCO)cnc2NC1=O. The second kappa shape index (κ2) is 7.16. The van der Waals surface area contributed by atoms with E-state index in [9.17, 15) is 9.90 Å². The molecule has 0 saturated heterocycles. The Balaban J connectivity index is 2.12. The third-order valence-corrected chi connectivity index (χ3v) is 3.01. The molecule has 7 nitrogen and oxygen atoms in total. The molecule has 0 fully saturated rings. The number of carbonyl (C=O) groups excluding carboxylic acids is 1. The quantitative estimate of drug-likeness (QED) is 0.674. The second-order valence-corrected chi connectivity index (χ2v) is 4.58. The van der Waals surface area contributed by atoms with Crippen LogP contribution in [0.5, 0.6) is 0 Å². The molecule has 0 aliphatic carbocycles. The molecular weight excluding hydrogens is 274 g/mol. The third kappa shape index (κ3) is 4.01. The van der Waals surface area contributed by atoms with E-state index in [4.69, 9.17) is 9.84 Å². The average molecular weight is 293 g/mol.